The van der Waals surface area contributed by atoms with Crippen molar-refractivity contribution in [1.29, 1.82) is 0 Å². The van der Waals surface area contributed by atoms with Gasteiger partial charge in [0.15, 0.2) is 0 Å². The van der Waals surface area contributed by atoms with E-state index in [-0.39, 0.29) is 23.7 Å². The minimum absolute atomic E-state index is 0.0702. The number of hydrogen-bond donors (Lipinski definition) is 1. The van der Waals surface area contributed by atoms with Crippen LogP contribution in [0.5, 0.6) is 0 Å². The summed E-state index contributed by atoms with van der Waals surface area (Å²) < 4.78 is 17.9. The second-order valence-corrected chi connectivity index (χ2v) is 5.42. The summed E-state index contributed by atoms with van der Waals surface area (Å²) in [5, 5.41) is 2.98. The van der Waals surface area contributed by atoms with E-state index in [1.54, 1.807) is 6.07 Å². The topological polar surface area (TPSA) is 55.4 Å². The molecule has 2 aromatic carbocycles. The first kappa shape index (κ1) is 17.2. The van der Waals surface area contributed by atoms with Gasteiger partial charge < -0.3 is 10.1 Å². The van der Waals surface area contributed by atoms with E-state index in [0.29, 0.717) is 10.6 Å². The smallest absolute Gasteiger partial charge is 0.325 e. The van der Waals surface area contributed by atoms with Crippen molar-refractivity contribution >= 4 is 35.1 Å². The fourth-order valence-corrected chi connectivity index (χ4v) is 2.03. The van der Waals surface area contributed by atoms with Crippen molar-refractivity contribution in [3.05, 3.63) is 69.5 Å². The summed E-state index contributed by atoms with van der Waals surface area (Å²) in [6.07, 6.45) is 0. The molecule has 0 aliphatic carbocycles. The summed E-state index contributed by atoms with van der Waals surface area (Å²) in [6, 6.07) is 10.1. The summed E-state index contributed by atoms with van der Waals surface area (Å²) in [6.45, 7) is -0.381. The molecule has 0 saturated carbocycles. The van der Waals surface area contributed by atoms with E-state index in [1.165, 1.54) is 36.4 Å². The average Bonchev–Trinajstić information content (AvgIpc) is 2.53. The minimum atomic E-state index is -0.636. The Labute approximate surface area is 142 Å². The number of rotatable bonds is 5. The number of benzene rings is 2. The van der Waals surface area contributed by atoms with E-state index in [4.69, 9.17) is 27.9 Å². The molecule has 23 heavy (non-hydrogen) atoms. The first-order valence-corrected chi connectivity index (χ1v) is 7.34. The molecule has 120 valence electrons. The van der Waals surface area contributed by atoms with E-state index in [9.17, 15) is 14.0 Å². The number of hydrogen-bond acceptors (Lipinski definition) is 3. The van der Waals surface area contributed by atoms with Gasteiger partial charge in [-0.1, -0.05) is 35.3 Å². The van der Waals surface area contributed by atoms with Gasteiger partial charge in [0.05, 0.1) is 10.0 Å². The first-order valence-electron chi connectivity index (χ1n) is 6.59. The number of carbonyl (C=O) groups is 2. The van der Waals surface area contributed by atoms with Gasteiger partial charge in [0.25, 0.3) is 5.91 Å². The molecule has 0 spiro atoms. The van der Waals surface area contributed by atoms with Gasteiger partial charge in [-0.2, -0.15) is 0 Å². The highest BCUT2D eigenvalue weighted by molar-refractivity contribution is 6.42. The zero-order valence-corrected chi connectivity index (χ0v) is 13.3. The van der Waals surface area contributed by atoms with Crippen molar-refractivity contribution in [2.24, 2.45) is 0 Å². The molecular formula is C16H12Cl2FNO3. The van der Waals surface area contributed by atoms with E-state index in [1.807, 2.05) is 0 Å². The van der Waals surface area contributed by atoms with Crippen LogP contribution in [0.4, 0.5) is 4.39 Å². The minimum Gasteiger partial charge on any atom is -0.460 e. The number of amides is 1. The second kappa shape index (κ2) is 7.94. The van der Waals surface area contributed by atoms with Crippen LogP contribution in [-0.2, 0) is 16.1 Å². The van der Waals surface area contributed by atoms with E-state index in [2.05, 4.69) is 5.32 Å². The third-order valence-electron chi connectivity index (χ3n) is 2.86. The first-order chi connectivity index (χ1) is 11.0. The summed E-state index contributed by atoms with van der Waals surface area (Å²) in [4.78, 5) is 23.4. The molecule has 0 heterocycles. The van der Waals surface area contributed by atoms with Crippen molar-refractivity contribution in [3.63, 3.8) is 0 Å². The lowest BCUT2D eigenvalue weighted by molar-refractivity contribution is -0.143. The van der Waals surface area contributed by atoms with Crippen LogP contribution < -0.4 is 5.32 Å². The van der Waals surface area contributed by atoms with Crippen LogP contribution in [0.25, 0.3) is 0 Å². The predicted molar refractivity (Wildman–Crippen MR) is 85.0 cm³/mol. The molecular weight excluding hydrogens is 344 g/mol. The van der Waals surface area contributed by atoms with Gasteiger partial charge in [0.2, 0.25) is 0 Å². The summed E-state index contributed by atoms with van der Waals surface area (Å²) >= 11 is 11.6. The number of ether oxygens (including phenoxy) is 1. The number of carbonyl (C=O) groups excluding carboxylic acids is 2. The Morgan fingerprint density at radius 2 is 1.87 bits per heavy atom. The Hall–Kier alpha value is -2.11. The Bertz CT molecular complexity index is 737. The fraction of sp³-hybridized carbons (Fsp3) is 0.125. The molecule has 0 saturated heterocycles. The molecule has 0 atom stereocenters. The lowest BCUT2D eigenvalue weighted by Gasteiger charge is -2.07. The maximum atomic E-state index is 13.0. The fourth-order valence-electron chi connectivity index (χ4n) is 1.73. The van der Waals surface area contributed by atoms with Crippen LogP contribution in [0.15, 0.2) is 42.5 Å². The van der Waals surface area contributed by atoms with E-state index in [0.717, 1.165) is 0 Å². The monoisotopic (exact) mass is 355 g/mol. The Morgan fingerprint density at radius 1 is 1.09 bits per heavy atom. The van der Waals surface area contributed by atoms with Crippen LogP contribution in [0.2, 0.25) is 10.0 Å². The highest BCUT2D eigenvalue weighted by atomic mass is 35.5. The molecule has 0 unspecified atom stereocenters. The molecule has 4 nitrogen and oxygen atoms in total. The Balaban J connectivity index is 1.81. The molecule has 1 N–H and O–H groups in total. The normalized spacial score (nSPS) is 10.2. The molecule has 0 aliphatic rings. The zero-order valence-electron chi connectivity index (χ0n) is 11.8. The highest BCUT2D eigenvalue weighted by Gasteiger charge is 2.10. The lowest BCUT2D eigenvalue weighted by Crippen LogP contribution is -2.30. The molecule has 7 heteroatoms. The predicted octanol–water partition coefficient (Wildman–Crippen LogP) is 3.61. The molecule has 1 amide bonds. The zero-order chi connectivity index (χ0) is 16.8. The molecule has 2 aromatic rings. The summed E-state index contributed by atoms with van der Waals surface area (Å²) in [5.74, 6) is -1.53. The van der Waals surface area contributed by atoms with Crippen LogP contribution >= 0.6 is 23.2 Å². The van der Waals surface area contributed by atoms with Gasteiger partial charge >= 0.3 is 5.97 Å². The molecule has 2 rings (SSSR count). The third-order valence-corrected chi connectivity index (χ3v) is 3.60. The van der Waals surface area contributed by atoms with Crippen LogP contribution in [-0.4, -0.2) is 18.4 Å². The van der Waals surface area contributed by atoms with Gasteiger partial charge in [0, 0.05) is 5.56 Å². The number of halogens is 3. The summed E-state index contributed by atoms with van der Waals surface area (Å²) in [7, 11) is 0. The van der Waals surface area contributed by atoms with Crippen LogP contribution in [0, 0.1) is 5.82 Å². The SMILES string of the molecule is O=C(CNC(=O)c1ccc(Cl)c(Cl)c1)OCc1cccc(F)c1. The molecule has 0 fully saturated rings. The molecule has 0 aliphatic heterocycles. The van der Waals surface area contributed by atoms with Crippen molar-refractivity contribution in [1.82, 2.24) is 5.32 Å². The number of nitrogens with one attached hydrogen (secondary N) is 1. The highest BCUT2D eigenvalue weighted by Crippen LogP contribution is 2.22. The second-order valence-electron chi connectivity index (χ2n) is 4.60. The van der Waals surface area contributed by atoms with Crippen molar-refractivity contribution in [2.75, 3.05) is 6.54 Å². The van der Waals surface area contributed by atoms with Crippen molar-refractivity contribution in [2.45, 2.75) is 6.61 Å². The van der Waals surface area contributed by atoms with E-state index >= 15 is 0 Å². The Morgan fingerprint density at radius 3 is 2.57 bits per heavy atom. The molecule has 0 bridgehead atoms. The average molecular weight is 356 g/mol. The lowest BCUT2D eigenvalue weighted by atomic mass is 10.2. The van der Waals surface area contributed by atoms with Gasteiger partial charge in [0.1, 0.15) is 19.0 Å². The van der Waals surface area contributed by atoms with E-state index < -0.39 is 17.7 Å². The standard InChI is InChI=1S/C16H12Cl2FNO3/c17-13-5-4-11(7-14(13)18)16(22)20-8-15(21)23-9-10-2-1-3-12(19)6-10/h1-7H,8-9H2,(H,20,22). The van der Waals surface area contributed by atoms with Gasteiger partial charge in [-0.25, -0.2) is 4.39 Å². The third kappa shape index (κ3) is 5.23. The van der Waals surface area contributed by atoms with Crippen molar-refractivity contribution in [3.8, 4) is 0 Å². The molecule has 0 aromatic heterocycles. The van der Waals surface area contributed by atoms with Crippen LogP contribution in [0.1, 0.15) is 15.9 Å². The maximum Gasteiger partial charge on any atom is 0.325 e. The van der Waals surface area contributed by atoms with Crippen molar-refractivity contribution < 1.29 is 18.7 Å². The van der Waals surface area contributed by atoms with Crippen LogP contribution in [0.3, 0.4) is 0 Å². The maximum absolute atomic E-state index is 13.0. The van der Waals surface area contributed by atoms with Gasteiger partial charge in [-0.05, 0) is 35.9 Å². The Kier molecular flexibility index (Phi) is 5.96. The summed E-state index contributed by atoms with van der Waals surface area (Å²) in [5.41, 5.74) is 0.798. The van der Waals surface area contributed by atoms with Gasteiger partial charge in [-0.15, -0.1) is 0 Å². The van der Waals surface area contributed by atoms with Gasteiger partial charge in [-0.3, -0.25) is 9.59 Å². The largest absolute Gasteiger partial charge is 0.460 e. The quantitative estimate of drug-likeness (QED) is 0.833. The molecule has 0 radical (unpaired) electrons. The number of esters is 1.